The average Bonchev–Trinajstić information content (AvgIpc) is 2.79. The number of benzene rings is 1. The first-order valence-corrected chi connectivity index (χ1v) is 7.06. The van der Waals surface area contributed by atoms with Crippen molar-refractivity contribution in [1.82, 2.24) is 0 Å². The third-order valence-corrected chi connectivity index (χ3v) is 4.83. The van der Waals surface area contributed by atoms with Crippen LogP contribution in [0.4, 0.5) is 0 Å². The van der Waals surface area contributed by atoms with Gasteiger partial charge in [-0.2, -0.15) is 0 Å². The third-order valence-electron chi connectivity index (χ3n) is 4.26. The van der Waals surface area contributed by atoms with Gasteiger partial charge in [-0.05, 0) is 30.7 Å². The van der Waals surface area contributed by atoms with Crippen molar-refractivity contribution in [3.05, 3.63) is 29.8 Å². The van der Waals surface area contributed by atoms with Crippen molar-refractivity contribution in [3.8, 4) is 5.75 Å². The largest absolute Gasteiger partial charge is 0.493 e. The Balaban J connectivity index is 2.16. The molecule has 1 aliphatic heterocycles. The van der Waals surface area contributed by atoms with Gasteiger partial charge in [0.15, 0.2) is 0 Å². The van der Waals surface area contributed by atoms with Gasteiger partial charge in [0.25, 0.3) is 0 Å². The number of rotatable bonds is 5. The highest BCUT2D eigenvalue weighted by atomic mass is 35.5. The molecule has 0 aromatic heterocycles. The van der Waals surface area contributed by atoms with Gasteiger partial charge in [0.1, 0.15) is 5.75 Å². The third kappa shape index (κ3) is 2.44. The number of hydrogen-bond acceptors (Lipinski definition) is 1. The molecule has 0 N–H and O–H groups in total. The van der Waals surface area contributed by atoms with E-state index >= 15 is 0 Å². The molecule has 0 aliphatic carbocycles. The minimum atomic E-state index is 0.271. The van der Waals surface area contributed by atoms with Crippen LogP contribution in [0.15, 0.2) is 24.3 Å². The van der Waals surface area contributed by atoms with Crippen LogP contribution in [0.2, 0.25) is 0 Å². The van der Waals surface area contributed by atoms with Crippen molar-refractivity contribution in [2.24, 2.45) is 5.41 Å². The van der Waals surface area contributed by atoms with Gasteiger partial charge < -0.3 is 4.74 Å². The highest BCUT2D eigenvalue weighted by Crippen LogP contribution is 2.44. The van der Waals surface area contributed by atoms with Gasteiger partial charge in [0.05, 0.1) is 6.61 Å². The molecule has 1 unspecified atom stereocenters. The van der Waals surface area contributed by atoms with Crippen molar-refractivity contribution in [1.29, 1.82) is 0 Å². The summed E-state index contributed by atoms with van der Waals surface area (Å²) < 4.78 is 5.75. The van der Waals surface area contributed by atoms with E-state index in [9.17, 15) is 0 Å². The fourth-order valence-corrected chi connectivity index (χ4v) is 3.19. The van der Waals surface area contributed by atoms with Gasteiger partial charge in [-0.15, -0.1) is 11.6 Å². The molecule has 2 heteroatoms. The van der Waals surface area contributed by atoms with Gasteiger partial charge in [0, 0.05) is 17.4 Å². The van der Waals surface area contributed by atoms with Gasteiger partial charge >= 0.3 is 0 Å². The summed E-state index contributed by atoms with van der Waals surface area (Å²) in [6.45, 7) is 5.30. The Labute approximate surface area is 109 Å². The average molecular weight is 253 g/mol. The number of alkyl halides is 1. The molecule has 0 fully saturated rings. The van der Waals surface area contributed by atoms with Crippen LogP contribution in [0.3, 0.4) is 0 Å². The second-order valence-electron chi connectivity index (χ2n) is 5.09. The monoisotopic (exact) mass is 252 g/mol. The van der Waals surface area contributed by atoms with Crippen LogP contribution in [-0.2, 0) is 0 Å². The minimum absolute atomic E-state index is 0.271. The van der Waals surface area contributed by atoms with E-state index in [1.54, 1.807) is 0 Å². The van der Waals surface area contributed by atoms with Crippen LogP contribution in [0.5, 0.6) is 5.75 Å². The summed E-state index contributed by atoms with van der Waals surface area (Å²) in [7, 11) is 0. The second-order valence-corrected chi connectivity index (χ2v) is 5.36. The first-order chi connectivity index (χ1) is 8.24. The van der Waals surface area contributed by atoms with Crippen molar-refractivity contribution < 1.29 is 4.74 Å². The molecular weight excluding hydrogens is 232 g/mol. The Hall–Kier alpha value is -0.690. The molecular formula is C15H21ClO. The fraction of sp³-hybridized carbons (Fsp3) is 0.600. The molecule has 2 rings (SSSR count). The number of para-hydroxylation sites is 1. The Morgan fingerprint density at radius 1 is 1.29 bits per heavy atom. The predicted octanol–water partition coefficient (Wildman–Crippen LogP) is 4.60. The summed E-state index contributed by atoms with van der Waals surface area (Å²) >= 11 is 6.19. The number of hydrogen-bond donors (Lipinski definition) is 0. The molecule has 1 aromatic carbocycles. The zero-order valence-electron chi connectivity index (χ0n) is 10.7. The van der Waals surface area contributed by atoms with Crippen LogP contribution in [0, 0.1) is 5.41 Å². The molecule has 0 saturated heterocycles. The molecule has 1 nitrogen and oxygen atoms in total. The quantitative estimate of drug-likeness (QED) is 0.696. The Kier molecular flexibility index (Phi) is 3.98. The molecule has 0 radical (unpaired) electrons. The van der Waals surface area contributed by atoms with Gasteiger partial charge in [0.2, 0.25) is 0 Å². The fourth-order valence-electron chi connectivity index (χ4n) is 2.70. The van der Waals surface area contributed by atoms with Crippen LogP contribution < -0.4 is 4.74 Å². The normalized spacial score (nSPS) is 18.9. The summed E-state index contributed by atoms with van der Waals surface area (Å²) in [5.41, 5.74) is 1.64. The lowest BCUT2D eigenvalue weighted by molar-refractivity contribution is 0.229. The Morgan fingerprint density at radius 2 is 2.00 bits per heavy atom. The zero-order chi connectivity index (χ0) is 12.3. The van der Waals surface area contributed by atoms with Crippen molar-refractivity contribution in [2.75, 3.05) is 12.5 Å². The SMILES string of the molecule is CCC(CC)(CCl)CC1COc2ccccc21. The lowest BCUT2D eigenvalue weighted by Crippen LogP contribution is -2.24. The molecule has 1 aromatic rings. The lowest BCUT2D eigenvalue weighted by Gasteiger charge is -2.31. The first kappa shape index (κ1) is 12.8. The van der Waals surface area contributed by atoms with E-state index in [0.29, 0.717) is 5.92 Å². The van der Waals surface area contributed by atoms with E-state index < -0.39 is 0 Å². The second kappa shape index (κ2) is 5.30. The maximum atomic E-state index is 6.19. The van der Waals surface area contributed by atoms with E-state index in [-0.39, 0.29) is 5.41 Å². The molecule has 1 heterocycles. The van der Waals surface area contributed by atoms with E-state index in [0.717, 1.165) is 37.5 Å². The molecule has 0 amide bonds. The molecule has 0 bridgehead atoms. The predicted molar refractivity (Wildman–Crippen MR) is 73.0 cm³/mol. The molecule has 0 spiro atoms. The highest BCUT2D eigenvalue weighted by Gasteiger charge is 2.33. The summed E-state index contributed by atoms with van der Waals surface area (Å²) in [5, 5.41) is 0. The standard InChI is InChI=1S/C15H21ClO/c1-3-15(4-2,11-16)9-12-10-17-14-8-6-5-7-13(12)14/h5-8,12H,3-4,9-11H2,1-2H3. The topological polar surface area (TPSA) is 9.23 Å². The molecule has 1 aliphatic rings. The maximum Gasteiger partial charge on any atom is 0.122 e. The first-order valence-electron chi connectivity index (χ1n) is 6.52. The zero-order valence-corrected chi connectivity index (χ0v) is 11.5. The van der Waals surface area contributed by atoms with Crippen LogP contribution in [0.1, 0.15) is 44.6 Å². The molecule has 94 valence electrons. The van der Waals surface area contributed by atoms with E-state index in [1.165, 1.54) is 5.56 Å². The number of ether oxygens (including phenoxy) is 1. The lowest BCUT2D eigenvalue weighted by atomic mass is 9.75. The van der Waals surface area contributed by atoms with Gasteiger partial charge in [-0.1, -0.05) is 32.0 Å². The molecule has 17 heavy (non-hydrogen) atoms. The van der Waals surface area contributed by atoms with Gasteiger partial charge in [-0.3, -0.25) is 0 Å². The highest BCUT2D eigenvalue weighted by molar-refractivity contribution is 6.18. The van der Waals surface area contributed by atoms with Crippen LogP contribution in [0.25, 0.3) is 0 Å². The van der Waals surface area contributed by atoms with Crippen LogP contribution in [-0.4, -0.2) is 12.5 Å². The van der Waals surface area contributed by atoms with Crippen LogP contribution >= 0.6 is 11.6 Å². The van der Waals surface area contributed by atoms with E-state index in [4.69, 9.17) is 16.3 Å². The summed E-state index contributed by atoms with van der Waals surface area (Å²) in [6.07, 6.45) is 3.43. The Bertz CT molecular complexity index is 363. The van der Waals surface area contributed by atoms with Crippen molar-refractivity contribution in [3.63, 3.8) is 0 Å². The summed E-state index contributed by atoms with van der Waals surface area (Å²) in [4.78, 5) is 0. The maximum absolute atomic E-state index is 6.19. The molecule has 1 atom stereocenters. The smallest absolute Gasteiger partial charge is 0.122 e. The van der Waals surface area contributed by atoms with E-state index in [2.05, 4.69) is 32.0 Å². The number of fused-ring (bicyclic) bond motifs is 1. The minimum Gasteiger partial charge on any atom is -0.493 e. The summed E-state index contributed by atoms with van der Waals surface area (Å²) in [6, 6.07) is 8.39. The van der Waals surface area contributed by atoms with E-state index in [1.807, 2.05) is 6.07 Å². The number of halogens is 1. The molecule has 0 saturated carbocycles. The Morgan fingerprint density at radius 3 is 2.65 bits per heavy atom. The van der Waals surface area contributed by atoms with Crippen molar-refractivity contribution >= 4 is 11.6 Å². The van der Waals surface area contributed by atoms with Gasteiger partial charge in [-0.25, -0.2) is 0 Å². The summed E-state index contributed by atoms with van der Waals surface area (Å²) in [5.74, 6) is 2.33. The van der Waals surface area contributed by atoms with Crippen molar-refractivity contribution in [2.45, 2.75) is 39.0 Å².